The van der Waals surface area contributed by atoms with E-state index in [1.54, 1.807) is 6.20 Å². The summed E-state index contributed by atoms with van der Waals surface area (Å²) in [6.07, 6.45) is 6.37. The molecule has 1 amide bonds. The van der Waals surface area contributed by atoms with Crippen molar-refractivity contribution in [3.8, 4) is 0 Å². The third-order valence-electron chi connectivity index (χ3n) is 3.57. The SMILES string of the molecule is CN(Cc1nccn1C)C(CN)CC(=O)NC1CC1. The largest absolute Gasteiger partial charge is 0.353 e. The van der Waals surface area contributed by atoms with E-state index in [-0.39, 0.29) is 11.9 Å². The summed E-state index contributed by atoms with van der Waals surface area (Å²) in [5, 5.41) is 3.00. The minimum atomic E-state index is 0.0513. The van der Waals surface area contributed by atoms with Gasteiger partial charge in [0.25, 0.3) is 0 Å². The van der Waals surface area contributed by atoms with Crippen LogP contribution in [-0.4, -0.2) is 46.0 Å². The van der Waals surface area contributed by atoms with Crippen LogP contribution in [0.4, 0.5) is 0 Å². The van der Waals surface area contributed by atoms with Crippen molar-refractivity contribution in [3.05, 3.63) is 18.2 Å². The fourth-order valence-electron chi connectivity index (χ4n) is 2.05. The Morgan fingerprint density at radius 2 is 2.42 bits per heavy atom. The van der Waals surface area contributed by atoms with E-state index in [2.05, 4.69) is 15.2 Å². The highest BCUT2D eigenvalue weighted by Gasteiger charge is 2.25. The normalized spacial score (nSPS) is 16.6. The minimum absolute atomic E-state index is 0.0513. The van der Waals surface area contributed by atoms with Crippen LogP contribution in [0.2, 0.25) is 0 Å². The van der Waals surface area contributed by atoms with E-state index in [1.165, 1.54) is 0 Å². The molecule has 0 aliphatic heterocycles. The van der Waals surface area contributed by atoms with Crippen LogP contribution in [0.25, 0.3) is 0 Å². The summed E-state index contributed by atoms with van der Waals surface area (Å²) in [4.78, 5) is 18.2. The molecule has 1 atom stereocenters. The first-order valence-electron chi connectivity index (χ1n) is 6.76. The smallest absolute Gasteiger partial charge is 0.221 e. The number of nitrogens with two attached hydrogens (primary N) is 1. The van der Waals surface area contributed by atoms with E-state index in [9.17, 15) is 4.79 Å². The number of aromatic nitrogens is 2. The number of hydrogen-bond donors (Lipinski definition) is 2. The Morgan fingerprint density at radius 3 is 2.95 bits per heavy atom. The molecule has 0 saturated heterocycles. The monoisotopic (exact) mass is 265 g/mol. The number of nitrogens with zero attached hydrogens (tertiary/aromatic N) is 3. The third-order valence-corrected chi connectivity index (χ3v) is 3.57. The second kappa shape index (κ2) is 6.16. The van der Waals surface area contributed by atoms with Gasteiger partial charge in [-0.3, -0.25) is 9.69 Å². The summed E-state index contributed by atoms with van der Waals surface area (Å²) >= 11 is 0. The van der Waals surface area contributed by atoms with E-state index >= 15 is 0 Å². The molecule has 1 aliphatic carbocycles. The predicted octanol–water partition coefficient (Wildman–Crippen LogP) is -0.152. The van der Waals surface area contributed by atoms with Gasteiger partial charge in [-0.25, -0.2) is 4.98 Å². The number of likely N-dealkylation sites (N-methyl/N-ethyl adjacent to an activating group) is 1. The molecule has 1 heterocycles. The number of nitrogens with one attached hydrogen (secondary N) is 1. The lowest BCUT2D eigenvalue weighted by Gasteiger charge is -2.26. The molecule has 1 unspecified atom stereocenters. The highest BCUT2D eigenvalue weighted by molar-refractivity contribution is 5.77. The van der Waals surface area contributed by atoms with Crippen molar-refractivity contribution in [3.63, 3.8) is 0 Å². The molecule has 1 fully saturated rings. The second-order valence-corrected chi connectivity index (χ2v) is 5.30. The molecule has 6 nitrogen and oxygen atoms in total. The van der Waals surface area contributed by atoms with Gasteiger partial charge in [-0.1, -0.05) is 0 Å². The number of carbonyl (C=O) groups is 1. The molecule has 0 radical (unpaired) electrons. The predicted molar refractivity (Wildman–Crippen MR) is 73.3 cm³/mol. The van der Waals surface area contributed by atoms with E-state index < -0.39 is 0 Å². The Hall–Kier alpha value is -1.40. The Morgan fingerprint density at radius 1 is 1.68 bits per heavy atom. The van der Waals surface area contributed by atoms with Crippen LogP contribution in [0, 0.1) is 0 Å². The average Bonchev–Trinajstić information content (AvgIpc) is 3.09. The maximum atomic E-state index is 11.8. The van der Waals surface area contributed by atoms with Crippen molar-refractivity contribution in [2.24, 2.45) is 12.8 Å². The molecule has 0 spiro atoms. The Kier molecular flexibility index (Phi) is 4.55. The van der Waals surface area contributed by atoms with Crippen LogP contribution in [0.15, 0.2) is 12.4 Å². The maximum Gasteiger partial charge on any atom is 0.221 e. The Labute approximate surface area is 114 Å². The summed E-state index contributed by atoms with van der Waals surface area (Å²) in [7, 11) is 3.95. The molecule has 2 rings (SSSR count). The first-order chi connectivity index (χ1) is 9.10. The van der Waals surface area contributed by atoms with Gasteiger partial charge in [-0.2, -0.15) is 0 Å². The molecule has 1 aromatic heterocycles. The number of rotatable bonds is 7. The fourth-order valence-corrected chi connectivity index (χ4v) is 2.05. The van der Waals surface area contributed by atoms with Gasteiger partial charge < -0.3 is 15.6 Å². The first-order valence-corrected chi connectivity index (χ1v) is 6.76. The number of amides is 1. The Bertz CT molecular complexity index is 426. The molecule has 19 heavy (non-hydrogen) atoms. The lowest BCUT2D eigenvalue weighted by Crippen LogP contribution is -2.42. The van der Waals surface area contributed by atoms with Crippen LogP contribution in [-0.2, 0) is 18.4 Å². The lowest BCUT2D eigenvalue weighted by molar-refractivity contribution is -0.122. The maximum absolute atomic E-state index is 11.8. The number of carbonyl (C=O) groups excluding carboxylic acids is 1. The van der Waals surface area contributed by atoms with Gasteiger partial charge in [-0.15, -0.1) is 0 Å². The molecule has 1 aromatic rings. The molecule has 3 N–H and O–H groups in total. The lowest BCUT2D eigenvalue weighted by atomic mass is 10.1. The zero-order valence-electron chi connectivity index (χ0n) is 11.7. The van der Waals surface area contributed by atoms with Crippen LogP contribution in [0.1, 0.15) is 25.1 Å². The molecule has 1 saturated carbocycles. The van der Waals surface area contributed by atoms with Crippen LogP contribution in [0.3, 0.4) is 0 Å². The van der Waals surface area contributed by atoms with Crippen LogP contribution < -0.4 is 11.1 Å². The number of imidazole rings is 1. The van der Waals surface area contributed by atoms with Crippen LogP contribution in [0.5, 0.6) is 0 Å². The molecule has 6 heteroatoms. The summed E-state index contributed by atoms with van der Waals surface area (Å²) in [5.74, 6) is 1.08. The van der Waals surface area contributed by atoms with Gasteiger partial charge in [0.2, 0.25) is 5.91 Å². The zero-order chi connectivity index (χ0) is 13.8. The first kappa shape index (κ1) is 14.0. The zero-order valence-corrected chi connectivity index (χ0v) is 11.7. The minimum Gasteiger partial charge on any atom is -0.353 e. The van der Waals surface area contributed by atoms with Gasteiger partial charge in [0.15, 0.2) is 0 Å². The van der Waals surface area contributed by atoms with Gasteiger partial charge in [-0.05, 0) is 19.9 Å². The van der Waals surface area contributed by atoms with Crippen molar-refractivity contribution < 1.29 is 4.79 Å². The summed E-state index contributed by atoms with van der Waals surface area (Å²) in [6, 6.07) is 0.459. The summed E-state index contributed by atoms with van der Waals surface area (Å²) in [5.41, 5.74) is 5.79. The molecule has 1 aliphatic rings. The van der Waals surface area contributed by atoms with Gasteiger partial charge >= 0.3 is 0 Å². The molecular weight excluding hydrogens is 242 g/mol. The third kappa shape index (κ3) is 4.04. The quantitative estimate of drug-likeness (QED) is 0.719. The van der Waals surface area contributed by atoms with E-state index in [4.69, 9.17) is 5.73 Å². The molecule has 106 valence electrons. The number of hydrogen-bond acceptors (Lipinski definition) is 4. The molecule has 0 bridgehead atoms. The van der Waals surface area contributed by atoms with Gasteiger partial charge in [0.05, 0.1) is 6.54 Å². The second-order valence-electron chi connectivity index (χ2n) is 5.30. The van der Waals surface area contributed by atoms with Crippen molar-refractivity contribution in [1.29, 1.82) is 0 Å². The van der Waals surface area contributed by atoms with Gasteiger partial charge in [0, 0.05) is 44.5 Å². The van der Waals surface area contributed by atoms with Crippen molar-refractivity contribution in [2.75, 3.05) is 13.6 Å². The van der Waals surface area contributed by atoms with E-state index in [0.717, 1.165) is 18.7 Å². The average molecular weight is 265 g/mol. The Balaban J connectivity index is 1.85. The highest BCUT2D eigenvalue weighted by Crippen LogP contribution is 2.19. The van der Waals surface area contributed by atoms with Crippen LogP contribution >= 0.6 is 0 Å². The topological polar surface area (TPSA) is 76.2 Å². The summed E-state index contributed by atoms with van der Waals surface area (Å²) in [6.45, 7) is 1.17. The fraction of sp³-hybridized carbons (Fsp3) is 0.692. The van der Waals surface area contributed by atoms with Crippen molar-refractivity contribution in [2.45, 2.75) is 37.9 Å². The molecular formula is C13H23N5O. The van der Waals surface area contributed by atoms with E-state index in [1.807, 2.05) is 24.9 Å². The van der Waals surface area contributed by atoms with E-state index in [0.29, 0.717) is 25.6 Å². The van der Waals surface area contributed by atoms with Crippen molar-refractivity contribution in [1.82, 2.24) is 19.8 Å². The van der Waals surface area contributed by atoms with Crippen molar-refractivity contribution >= 4 is 5.91 Å². The standard InChI is InChI=1S/C13H23N5O/c1-17-6-5-15-12(17)9-18(2)11(8-14)7-13(19)16-10-3-4-10/h5-6,10-11H,3-4,7-9,14H2,1-2H3,(H,16,19). The van der Waals surface area contributed by atoms with Gasteiger partial charge in [0.1, 0.15) is 5.82 Å². The molecule has 0 aromatic carbocycles. The number of aryl methyl sites for hydroxylation is 1. The summed E-state index contributed by atoms with van der Waals surface area (Å²) < 4.78 is 1.98. The highest BCUT2D eigenvalue weighted by atomic mass is 16.1.